The van der Waals surface area contributed by atoms with Gasteiger partial charge in [0.1, 0.15) is 4.90 Å². The minimum Gasteiger partial charge on any atom is -0.466 e. The number of halogens is 3. The van der Waals surface area contributed by atoms with Crippen molar-refractivity contribution in [3.8, 4) is 0 Å². The number of nitrogens with one attached hydrogen (secondary N) is 1. The summed E-state index contributed by atoms with van der Waals surface area (Å²) >= 11 is 0. The van der Waals surface area contributed by atoms with E-state index in [2.05, 4.69) is 4.74 Å². The molecule has 0 bridgehead atoms. The average Bonchev–Trinajstić information content (AvgIpc) is 2.41. The molecule has 0 fully saturated rings. The van der Waals surface area contributed by atoms with E-state index in [1.807, 2.05) is 4.72 Å². The van der Waals surface area contributed by atoms with Gasteiger partial charge in [0.2, 0.25) is 10.0 Å². The fourth-order valence-electron chi connectivity index (χ4n) is 1.47. The highest BCUT2D eigenvalue weighted by molar-refractivity contribution is 7.89. The number of benzene rings is 1. The molecule has 0 saturated heterocycles. The van der Waals surface area contributed by atoms with Crippen LogP contribution in [0.2, 0.25) is 0 Å². The summed E-state index contributed by atoms with van der Waals surface area (Å²) in [7, 11) is -4.32. The molecule has 0 amide bonds. The van der Waals surface area contributed by atoms with Crippen LogP contribution in [0.3, 0.4) is 0 Å². The van der Waals surface area contributed by atoms with Crippen molar-refractivity contribution in [2.45, 2.75) is 24.7 Å². The standard InChI is InChI=1S/C12H14F3NO4S/c1-2-20-10(17)4-3-7-16-21(18,19)9-6-5-8(13)11(14)12(9)15/h5-6,16H,2-4,7H2,1H3. The predicted octanol–water partition coefficient (Wildman–Crippen LogP) is 1.73. The zero-order chi connectivity index (χ0) is 16.0. The lowest BCUT2D eigenvalue weighted by Gasteiger charge is -2.08. The molecule has 0 aliphatic rings. The summed E-state index contributed by atoms with van der Waals surface area (Å²) < 4.78 is 69.2. The van der Waals surface area contributed by atoms with Crippen LogP contribution in [0, 0.1) is 17.5 Å². The van der Waals surface area contributed by atoms with E-state index in [-0.39, 0.29) is 26.0 Å². The number of hydrogen-bond donors (Lipinski definition) is 1. The third-order valence-electron chi connectivity index (χ3n) is 2.44. The zero-order valence-electron chi connectivity index (χ0n) is 11.2. The lowest BCUT2D eigenvalue weighted by molar-refractivity contribution is -0.143. The van der Waals surface area contributed by atoms with E-state index < -0.39 is 38.3 Å². The second kappa shape index (κ2) is 7.41. The van der Waals surface area contributed by atoms with Gasteiger partial charge in [-0.1, -0.05) is 0 Å². The number of carbonyl (C=O) groups excluding carboxylic acids is 1. The number of ether oxygens (including phenoxy) is 1. The van der Waals surface area contributed by atoms with Gasteiger partial charge in [0.25, 0.3) is 0 Å². The van der Waals surface area contributed by atoms with Gasteiger partial charge in [-0.2, -0.15) is 0 Å². The maximum atomic E-state index is 13.4. The maximum absolute atomic E-state index is 13.4. The first kappa shape index (κ1) is 17.4. The first-order chi connectivity index (χ1) is 9.79. The normalized spacial score (nSPS) is 11.4. The van der Waals surface area contributed by atoms with Crippen LogP contribution in [-0.4, -0.2) is 27.5 Å². The van der Waals surface area contributed by atoms with Crippen LogP contribution in [0.5, 0.6) is 0 Å². The van der Waals surface area contributed by atoms with Gasteiger partial charge in [0.05, 0.1) is 6.61 Å². The Balaban J connectivity index is 2.67. The molecule has 1 aromatic carbocycles. The van der Waals surface area contributed by atoms with Crippen LogP contribution in [0.1, 0.15) is 19.8 Å². The van der Waals surface area contributed by atoms with Crippen molar-refractivity contribution in [1.82, 2.24) is 4.72 Å². The molecule has 0 radical (unpaired) electrons. The molecule has 5 nitrogen and oxygen atoms in total. The van der Waals surface area contributed by atoms with Gasteiger partial charge in [-0.15, -0.1) is 0 Å². The van der Waals surface area contributed by atoms with Gasteiger partial charge < -0.3 is 4.74 Å². The van der Waals surface area contributed by atoms with Crippen molar-refractivity contribution in [1.29, 1.82) is 0 Å². The Morgan fingerprint density at radius 2 is 1.90 bits per heavy atom. The van der Waals surface area contributed by atoms with E-state index in [1.165, 1.54) is 0 Å². The van der Waals surface area contributed by atoms with E-state index in [0.29, 0.717) is 12.1 Å². The Morgan fingerprint density at radius 3 is 2.52 bits per heavy atom. The molecule has 0 atom stereocenters. The molecule has 0 aliphatic carbocycles. The summed E-state index contributed by atoms with van der Waals surface area (Å²) in [6, 6.07) is 1.15. The minimum atomic E-state index is -4.32. The number of esters is 1. The second-order valence-corrected chi connectivity index (χ2v) is 5.72. The van der Waals surface area contributed by atoms with Crippen molar-refractivity contribution < 1.29 is 31.1 Å². The number of sulfonamides is 1. The van der Waals surface area contributed by atoms with E-state index >= 15 is 0 Å². The highest BCUT2D eigenvalue weighted by atomic mass is 32.2. The lowest BCUT2D eigenvalue weighted by atomic mass is 10.3. The second-order valence-electron chi connectivity index (χ2n) is 3.98. The fraction of sp³-hybridized carbons (Fsp3) is 0.417. The van der Waals surface area contributed by atoms with Gasteiger partial charge in [-0.25, -0.2) is 26.3 Å². The highest BCUT2D eigenvalue weighted by Crippen LogP contribution is 2.19. The Hall–Kier alpha value is -1.61. The summed E-state index contributed by atoms with van der Waals surface area (Å²) in [4.78, 5) is 10.0. The molecule has 1 aromatic rings. The number of hydrogen-bond acceptors (Lipinski definition) is 4. The Kier molecular flexibility index (Phi) is 6.16. The molecule has 9 heteroatoms. The first-order valence-corrected chi connectivity index (χ1v) is 7.56. The molecular formula is C12H14F3NO4S. The third-order valence-corrected chi connectivity index (χ3v) is 3.92. The van der Waals surface area contributed by atoms with Crippen LogP contribution in [-0.2, 0) is 19.6 Å². The van der Waals surface area contributed by atoms with Crippen LogP contribution < -0.4 is 4.72 Å². The van der Waals surface area contributed by atoms with Gasteiger partial charge in [0.15, 0.2) is 17.5 Å². The largest absolute Gasteiger partial charge is 0.466 e. The quantitative estimate of drug-likeness (QED) is 0.471. The average molecular weight is 325 g/mol. The molecule has 0 heterocycles. The first-order valence-electron chi connectivity index (χ1n) is 6.08. The van der Waals surface area contributed by atoms with Crippen LogP contribution in [0.15, 0.2) is 17.0 Å². The lowest BCUT2D eigenvalue weighted by Crippen LogP contribution is -2.26. The summed E-state index contributed by atoms with van der Waals surface area (Å²) in [5.74, 6) is -5.61. The molecule has 0 saturated carbocycles. The maximum Gasteiger partial charge on any atom is 0.305 e. The summed E-state index contributed by atoms with van der Waals surface area (Å²) in [5.41, 5.74) is 0. The monoisotopic (exact) mass is 325 g/mol. The van der Waals surface area contributed by atoms with Gasteiger partial charge in [0, 0.05) is 13.0 Å². The topological polar surface area (TPSA) is 72.5 Å². The molecule has 1 N–H and O–H groups in total. The van der Waals surface area contributed by atoms with Crippen molar-refractivity contribution in [2.24, 2.45) is 0 Å². The SMILES string of the molecule is CCOC(=O)CCCNS(=O)(=O)c1ccc(F)c(F)c1F. The summed E-state index contributed by atoms with van der Waals surface area (Å²) in [6.07, 6.45) is 0.111. The molecule has 0 unspecified atom stereocenters. The Morgan fingerprint density at radius 1 is 1.24 bits per heavy atom. The molecule has 0 aromatic heterocycles. The van der Waals surface area contributed by atoms with E-state index in [0.717, 1.165) is 0 Å². The molecular weight excluding hydrogens is 311 g/mol. The van der Waals surface area contributed by atoms with Crippen molar-refractivity contribution in [2.75, 3.05) is 13.2 Å². The predicted molar refractivity (Wildman–Crippen MR) is 67.4 cm³/mol. The third kappa shape index (κ3) is 4.71. The molecule has 1 rings (SSSR count). The van der Waals surface area contributed by atoms with Crippen LogP contribution in [0.25, 0.3) is 0 Å². The molecule has 0 aliphatic heterocycles. The van der Waals surface area contributed by atoms with Gasteiger partial charge in [-0.3, -0.25) is 4.79 Å². The van der Waals surface area contributed by atoms with Crippen LogP contribution >= 0.6 is 0 Å². The summed E-state index contributed by atoms with van der Waals surface area (Å²) in [6.45, 7) is 1.68. The van der Waals surface area contributed by atoms with E-state index in [9.17, 15) is 26.4 Å². The van der Waals surface area contributed by atoms with Gasteiger partial charge in [-0.05, 0) is 25.5 Å². The Labute approximate surface area is 120 Å². The number of rotatable bonds is 7. The highest BCUT2D eigenvalue weighted by Gasteiger charge is 2.23. The summed E-state index contributed by atoms with van der Waals surface area (Å²) in [5, 5.41) is 0. The van der Waals surface area contributed by atoms with Crippen molar-refractivity contribution in [3.63, 3.8) is 0 Å². The smallest absolute Gasteiger partial charge is 0.305 e. The molecule has 0 spiro atoms. The molecule has 21 heavy (non-hydrogen) atoms. The minimum absolute atomic E-state index is 0.0172. The van der Waals surface area contributed by atoms with E-state index in [4.69, 9.17) is 0 Å². The van der Waals surface area contributed by atoms with Gasteiger partial charge >= 0.3 is 5.97 Å². The van der Waals surface area contributed by atoms with Crippen molar-refractivity contribution in [3.05, 3.63) is 29.6 Å². The fourth-order valence-corrected chi connectivity index (χ4v) is 2.61. The zero-order valence-corrected chi connectivity index (χ0v) is 12.0. The Bertz CT molecular complexity index is 619. The van der Waals surface area contributed by atoms with Crippen LogP contribution in [0.4, 0.5) is 13.2 Å². The van der Waals surface area contributed by atoms with Crippen molar-refractivity contribution >= 4 is 16.0 Å². The van der Waals surface area contributed by atoms with E-state index in [1.54, 1.807) is 6.92 Å². The number of carbonyl (C=O) groups is 1. The molecule has 118 valence electrons.